The van der Waals surface area contributed by atoms with Gasteiger partial charge in [0.1, 0.15) is 0 Å². The summed E-state index contributed by atoms with van der Waals surface area (Å²) in [5.41, 5.74) is 0.695. The van der Waals surface area contributed by atoms with Crippen molar-refractivity contribution < 1.29 is 14.4 Å². The van der Waals surface area contributed by atoms with Gasteiger partial charge in [-0.05, 0) is 13.0 Å². The number of pyridine rings is 1. The minimum atomic E-state index is -0.458. The molecule has 7 nitrogen and oxygen atoms in total. The normalized spacial score (nSPS) is 10.3. The lowest BCUT2D eigenvalue weighted by Crippen LogP contribution is -2.13. The fraction of sp³-hybridized carbons (Fsp3) is 0.545. The maximum atomic E-state index is 10.8. The molecule has 0 spiro atoms. The van der Waals surface area contributed by atoms with Gasteiger partial charge in [0.25, 0.3) is 0 Å². The van der Waals surface area contributed by atoms with E-state index in [-0.39, 0.29) is 11.5 Å². The highest BCUT2D eigenvalue weighted by molar-refractivity contribution is 5.55. The number of nitrogens with one attached hydrogen (secondary N) is 1. The molecule has 0 atom stereocenters. The average molecular weight is 255 g/mol. The van der Waals surface area contributed by atoms with Crippen molar-refractivity contribution in [1.82, 2.24) is 4.98 Å². The molecule has 1 N–H and O–H groups in total. The predicted octanol–water partition coefficient (Wildman–Crippen LogP) is 1.37. The maximum absolute atomic E-state index is 10.8. The Hall–Kier alpha value is -1.73. The second kappa shape index (κ2) is 7.57. The fourth-order valence-electron chi connectivity index (χ4n) is 1.31. The predicted molar refractivity (Wildman–Crippen MR) is 66.8 cm³/mol. The first-order valence-electron chi connectivity index (χ1n) is 5.57. The van der Waals surface area contributed by atoms with Gasteiger partial charge in [-0.15, -0.1) is 0 Å². The van der Waals surface area contributed by atoms with E-state index in [2.05, 4.69) is 10.3 Å². The monoisotopic (exact) mass is 255 g/mol. The van der Waals surface area contributed by atoms with Crippen LogP contribution in [0.25, 0.3) is 0 Å². The van der Waals surface area contributed by atoms with Crippen molar-refractivity contribution in [3.05, 3.63) is 27.9 Å². The van der Waals surface area contributed by atoms with Crippen LogP contribution in [0.15, 0.2) is 12.1 Å². The van der Waals surface area contributed by atoms with Gasteiger partial charge in [-0.3, -0.25) is 10.1 Å². The standard InChI is InChI=1S/C11H17N3O4/c1-9-3-4-10(14(15)16)11(13-9)12-5-6-18-8-7-17-2/h3-4H,5-8H2,1-2H3,(H,12,13). The molecule has 1 rings (SSSR count). The molecular weight excluding hydrogens is 238 g/mol. The average Bonchev–Trinajstić information content (AvgIpc) is 2.33. The molecule has 0 fully saturated rings. The molecular formula is C11H17N3O4. The number of nitrogens with zero attached hydrogens (tertiary/aromatic N) is 2. The summed E-state index contributed by atoms with van der Waals surface area (Å²) in [6.07, 6.45) is 0. The highest BCUT2D eigenvalue weighted by Crippen LogP contribution is 2.21. The van der Waals surface area contributed by atoms with E-state index in [0.717, 1.165) is 5.69 Å². The lowest BCUT2D eigenvalue weighted by Gasteiger charge is -2.07. The van der Waals surface area contributed by atoms with Crippen LogP contribution in [-0.2, 0) is 9.47 Å². The first-order valence-corrected chi connectivity index (χ1v) is 5.57. The zero-order valence-electron chi connectivity index (χ0n) is 10.5. The Labute approximate surface area is 105 Å². The van der Waals surface area contributed by atoms with E-state index < -0.39 is 4.92 Å². The second-order valence-corrected chi connectivity index (χ2v) is 3.61. The number of methoxy groups -OCH3 is 1. The molecule has 0 unspecified atom stereocenters. The molecule has 0 aliphatic carbocycles. The number of aromatic nitrogens is 1. The van der Waals surface area contributed by atoms with Gasteiger partial charge >= 0.3 is 5.69 Å². The Morgan fingerprint density at radius 1 is 1.39 bits per heavy atom. The van der Waals surface area contributed by atoms with E-state index in [4.69, 9.17) is 9.47 Å². The maximum Gasteiger partial charge on any atom is 0.311 e. The van der Waals surface area contributed by atoms with E-state index in [9.17, 15) is 10.1 Å². The van der Waals surface area contributed by atoms with Crippen LogP contribution in [0.4, 0.5) is 11.5 Å². The van der Waals surface area contributed by atoms with Crippen LogP contribution in [0.1, 0.15) is 5.69 Å². The molecule has 7 heteroatoms. The third-order valence-corrected chi connectivity index (χ3v) is 2.18. The van der Waals surface area contributed by atoms with Gasteiger partial charge in [0.2, 0.25) is 5.82 Å². The first kappa shape index (κ1) is 14.3. The van der Waals surface area contributed by atoms with E-state index >= 15 is 0 Å². The summed E-state index contributed by atoms with van der Waals surface area (Å²) in [7, 11) is 1.60. The van der Waals surface area contributed by atoms with Crippen molar-refractivity contribution in [2.24, 2.45) is 0 Å². The Morgan fingerprint density at radius 2 is 2.17 bits per heavy atom. The number of anilines is 1. The second-order valence-electron chi connectivity index (χ2n) is 3.61. The summed E-state index contributed by atoms with van der Waals surface area (Å²) in [6.45, 7) is 3.71. The van der Waals surface area contributed by atoms with Crippen LogP contribution in [0.2, 0.25) is 0 Å². The zero-order chi connectivity index (χ0) is 13.4. The van der Waals surface area contributed by atoms with Crippen molar-refractivity contribution in [2.45, 2.75) is 6.92 Å². The van der Waals surface area contributed by atoms with Crippen LogP contribution in [0.3, 0.4) is 0 Å². The molecule has 0 aliphatic rings. The van der Waals surface area contributed by atoms with Crippen molar-refractivity contribution in [1.29, 1.82) is 0 Å². The van der Waals surface area contributed by atoms with E-state index in [1.807, 2.05) is 0 Å². The van der Waals surface area contributed by atoms with Gasteiger partial charge in [0, 0.05) is 25.4 Å². The minimum absolute atomic E-state index is 0.0301. The number of rotatable bonds is 8. The van der Waals surface area contributed by atoms with Gasteiger partial charge in [-0.25, -0.2) is 4.98 Å². The molecule has 18 heavy (non-hydrogen) atoms. The number of ether oxygens (including phenoxy) is 2. The van der Waals surface area contributed by atoms with Gasteiger partial charge < -0.3 is 14.8 Å². The zero-order valence-corrected chi connectivity index (χ0v) is 10.5. The van der Waals surface area contributed by atoms with Crippen LogP contribution in [0.5, 0.6) is 0 Å². The van der Waals surface area contributed by atoms with E-state index in [1.54, 1.807) is 20.1 Å². The van der Waals surface area contributed by atoms with Gasteiger partial charge in [-0.1, -0.05) is 0 Å². The number of hydrogen-bond acceptors (Lipinski definition) is 6. The first-order chi connectivity index (χ1) is 8.65. The third kappa shape index (κ3) is 4.64. The fourth-order valence-corrected chi connectivity index (χ4v) is 1.31. The van der Waals surface area contributed by atoms with Gasteiger partial charge in [0.05, 0.1) is 24.7 Å². The summed E-state index contributed by atoms with van der Waals surface area (Å²) in [4.78, 5) is 14.4. The molecule has 1 aromatic rings. The Kier molecular flexibility index (Phi) is 6.03. The quantitative estimate of drug-likeness (QED) is 0.429. The summed E-state index contributed by atoms with van der Waals surface area (Å²) < 4.78 is 10.1. The molecule has 0 amide bonds. The number of nitro groups is 1. The van der Waals surface area contributed by atoms with E-state index in [0.29, 0.717) is 26.4 Å². The highest BCUT2D eigenvalue weighted by atomic mass is 16.6. The number of hydrogen-bond donors (Lipinski definition) is 1. The van der Waals surface area contributed by atoms with Crippen molar-refractivity contribution in [3.8, 4) is 0 Å². The summed E-state index contributed by atoms with van der Waals surface area (Å²) in [5.74, 6) is 0.273. The molecule has 0 saturated carbocycles. The molecule has 0 aromatic carbocycles. The van der Waals surface area contributed by atoms with Crippen LogP contribution < -0.4 is 5.32 Å². The summed E-state index contributed by atoms with van der Waals surface area (Å²) in [5, 5.41) is 13.7. The van der Waals surface area contributed by atoms with Gasteiger partial charge in [-0.2, -0.15) is 0 Å². The highest BCUT2D eigenvalue weighted by Gasteiger charge is 2.14. The molecule has 0 bridgehead atoms. The van der Waals surface area contributed by atoms with Crippen molar-refractivity contribution in [2.75, 3.05) is 38.8 Å². The smallest absolute Gasteiger partial charge is 0.311 e. The van der Waals surface area contributed by atoms with E-state index in [1.165, 1.54) is 6.07 Å². The molecule has 100 valence electrons. The topological polar surface area (TPSA) is 86.5 Å². The van der Waals surface area contributed by atoms with Crippen LogP contribution >= 0.6 is 0 Å². The summed E-state index contributed by atoms with van der Waals surface area (Å²) >= 11 is 0. The van der Waals surface area contributed by atoms with Crippen LogP contribution in [0, 0.1) is 17.0 Å². The Balaban J connectivity index is 2.45. The lowest BCUT2D eigenvalue weighted by molar-refractivity contribution is -0.384. The lowest BCUT2D eigenvalue weighted by atomic mass is 10.3. The number of aryl methyl sites for hydroxylation is 1. The van der Waals surface area contributed by atoms with Crippen LogP contribution in [-0.4, -0.2) is 43.4 Å². The van der Waals surface area contributed by atoms with Crippen molar-refractivity contribution >= 4 is 11.5 Å². The molecule has 0 radical (unpaired) electrons. The molecule has 0 aliphatic heterocycles. The Morgan fingerprint density at radius 3 is 2.83 bits per heavy atom. The van der Waals surface area contributed by atoms with Gasteiger partial charge in [0.15, 0.2) is 0 Å². The minimum Gasteiger partial charge on any atom is -0.382 e. The molecule has 1 heterocycles. The largest absolute Gasteiger partial charge is 0.382 e. The van der Waals surface area contributed by atoms with Crippen molar-refractivity contribution in [3.63, 3.8) is 0 Å². The Bertz CT molecular complexity index is 398. The third-order valence-electron chi connectivity index (χ3n) is 2.18. The molecule has 0 saturated heterocycles. The summed E-state index contributed by atoms with van der Waals surface area (Å²) in [6, 6.07) is 3.05. The molecule has 1 aromatic heterocycles. The SMILES string of the molecule is COCCOCCNc1nc(C)ccc1[N+](=O)[O-].